The van der Waals surface area contributed by atoms with Crippen LogP contribution in [0.4, 0.5) is 0 Å². The fourth-order valence-electron chi connectivity index (χ4n) is 7.52. The van der Waals surface area contributed by atoms with Crippen LogP contribution < -0.4 is 0 Å². The summed E-state index contributed by atoms with van der Waals surface area (Å²) in [5.41, 5.74) is 3.55. The zero-order chi connectivity index (χ0) is 18.5. The molecule has 3 unspecified atom stereocenters. The van der Waals surface area contributed by atoms with Crippen LogP contribution in [0.5, 0.6) is 0 Å². The first-order valence-corrected chi connectivity index (χ1v) is 10.6. The molecule has 0 aromatic carbocycles. The molecule has 0 bridgehead atoms. The molecule has 1 N–H and O–H groups in total. The lowest BCUT2D eigenvalue weighted by Gasteiger charge is -2.56. The van der Waals surface area contributed by atoms with Crippen LogP contribution in [-0.2, 0) is 9.47 Å². The first-order chi connectivity index (χ1) is 12.5. The Labute approximate surface area is 158 Å². The van der Waals surface area contributed by atoms with E-state index in [1.165, 1.54) is 32.1 Å². The quantitative estimate of drug-likeness (QED) is 0.728. The van der Waals surface area contributed by atoms with Crippen LogP contribution in [0.25, 0.3) is 0 Å². The molecule has 2 saturated carbocycles. The molecule has 2 fully saturated rings. The molecule has 3 nitrogen and oxygen atoms in total. The highest BCUT2D eigenvalue weighted by atomic mass is 16.5. The smallest absolute Gasteiger partial charge is 0.0959 e. The van der Waals surface area contributed by atoms with E-state index < -0.39 is 0 Å². The fourth-order valence-corrected chi connectivity index (χ4v) is 7.52. The molecular weight excluding hydrogens is 324 g/mol. The van der Waals surface area contributed by atoms with E-state index in [0.29, 0.717) is 6.61 Å². The minimum atomic E-state index is -0.297. The molecule has 3 heteroatoms. The van der Waals surface area contributed by atoms with Crippen molar-refractivity contribution < 1.29 is 14.6 Å². The lowest BCUT2D eigenvalue weighted by Crippen LogP contribution is -2.53. The van der Waals surface area contributed by atoms with Crippen molar-refractivity contribution in [3.8, 4) is 0 Å². The Hall–Kier alpha value is -0.800. The average molecular weight is 361 g/mol. The summed E-state index contributed by atoms with van der Waals surface area (Å²) < 4.78 is 11.2. The number of rotatable bonds is 4. The van der Waals surface area contributed by atoms with Gasteiger partial charge in [0, 0.05) is 18.9 Å². The van der Waals surface area contributed by atoms with Crippen LogP contribution in [0.3, 0.4) is 0 Å². The number of hydrogen-bond acceptors (Lipinski definition) is 3. The van der Waals surface area contributed by atoms with Crippen molar-refractivity contribution in [2.24, 2.45) is 28.6 Å². The number of aliphatic hydroxyl groups excluding tert-OH is 1. The molecule has 0 amide bonds. The maximum absolute atomic E-state index is 10.8. The molecule has 6 atom stereocenters. The van der Waals surface area contributed by atoms with Gasteiger partial charge in [0.25, 0.3) is 0 Å². The SMILES string of the molecule is COC[C@]1([C@@H](C)O)CCC2C3CCC4=C(CC=C(OC)C4)C3CC[C@@]21C. The second-order valence-electron chi connectivity index (χ2n) is 9.56. The highest BCUT2D eigenvalue weighted by Crippen LogP contribution is 2.68. The zero-order valence-corrected chi connectivity index (χ0v) is 17.0. The second kappa shape index (κ2) is 6.67. The summed E-state index contributed by atoms with van der Waals surface area (Å²) in [4.78, 5) is 0. The van der Waals surface area contributed by atoms with Gasteiger partial charge in [-0.3, -0.25) is 0 Å². The Balaban J connectivity index is 1.62. The lowest BCUT2D eigenvalue weighted by atomic mass is 9.49. The summed E-state index contributed by atoms with van der Waals surface area (Å²) in [6.45, 7) is 5.17. The van der Waals surface area contributed by atoms with Gasteiger partial charge in [0.05, 0.1) is 25.6 Å². The molecule has 0 heterocycles. The standard InChI is InChI=1S/C23H36O3/c1-15(24)23(14-25-3)12-10-21-20-7-5-16-13-17(26-4)6-8-18(16)19(20)9-11-22(21,23)2/h6,15,19-21,24H,5,7-14H2,1-4H3/t15-,19?,20?,21?,22+,23+/m1/s1. The van der Waals surface area contributed by atoms with E-state index in [-0.39, 0.29) is 16.9 Å². The molecule has 4 rings (SSSR count). The van der Waals surface area contributed by atoms with E-state index >= 15 is 0 Å². The Kier molecular flexibility index (Phi) is 4.76. The Morgan fingerprint density at radius 3 is 2.73 bits per heavy atom. The number of aliphatic hydroxyl groups is 1. The predicted octanol–water partition coefficient (Wildman–Crippen LogP) is 4.86. The van der Waals surface area contributed by atoms with Gasteiger partial charge in [-0.15, -0.1) is 0 Å². The van der Waals surface area contributed by atoms with Crippen molar-refractivity contribution in [1.82, 2.24) is 0 Å². The normalized spacial score (nSPS) is 43.3. The maximum atomic E-state index is 10.8. The highest BCUT2D eigenvalue weighted by Gasteiger charge is 2.63. The van der Waals surface area contributed by atoms with Crippen molar-refractivity contribution in [3.05, 3.63) is 23.0 Å². The summed E-state index contributed by atoms with van der Waals surface area (Å²) in [6, 6.07) is 0. The third kappa shape index (κ3) is 2.46. The van der Waals surface area contributed by atoms with Crippen molar-refractivity contribution in [1.29, 1.82) is 0 Å². The highest BCUT2D eigenvalue weighted by molar-refractivity contribution is 5.33. The van der Waals surface area contributed by atoms with Crippen LogP contribution in [0.2, 0.25) is 0 Å². The minimum absolute atomic E-state index is 0.0677. The number of allylic oxidation sites excluding steroid dienone is 3. The zero-order valence-electron chi connectivity index (χ0n) is 17.0. The number of hydrogen-bond donors (Lipinski definition) is 1. The summed E-state index contributed by atoms with van der Waals surface area (Å²) in [5.74, 6) is 3.45. The van der Waals surface area contributed by atoms with Gasteiger partial charge in [0.1, 0.15) is 0 Å². The largest absolute Gasteiger partial charge is 0.501 e. The molecule has 0 saturated heterocycles. The van der Waals surface area contributed by atoms with Crippen molar-refractivity contribution in [2.45, 2.75) is 71.3 Å². The van der Waals surface area contributed by atoms with E-state index in [2.05, 4.69) is 13.0 Å². The van der Waals surface area contributed by atoms with Gasteiger partial charge in [0.15, 0.2) is 0 Å². The van der Waals surface area contributed by atoms with Crippen molar-refractivity contribution >= 4 is 0 Å². The van der Waals surface area contributed by atoms with Crippen LogP contribution in [0, 0.1) is 28.6 Å². The molecule has 146 valence electrons. The summed E-state index contributed by atoms with van der Waals surface area (Å²) in [5, 5.41) is 10.8. The van der Waals surface area contributed by atoms with E-state index in [9.17, 15) is 5.11 Å². The van der Waals surface area contributed by atoms with Gasteiger partial charge in [-0.2, -0.15) is 0 Å². The molecule has 0 aromatic rings. The third-order valence-electron chi connectivity index (χ3n) is 8.95. The topological polar surface area (TPSA) is 38.7 Å². The van der Waals surface area contributed by atoms with E-state index in [1.807, 2.05) is 6.92 Å². The first-order valence-electron chi connectivity index (χ1n) is 10.6. The molecule has 26 heavy (non-hydrogen) atoms. The molecule has 4 aliphatic carbocycles. The minimum Gasteiger partial charge on any atom is -0.501 e. The third-order valence-corrected chi connectivity index (χ3v) is 8.95. The molecule has 4 aliphatic rings. The Morgan fingerprint density at radius 2 is 2.04 bits per heavy atom. The van der Waals surface area contributed by atoms with Crippen molar-refractivity contribution in [2.75, 3.05) is 20.8 Å². The predicted molar refractivity (Wildman–Crippen MR) is 104 cm³/mol. The summed E-state index contributed by atoms with van der Waals surface area (Å²) in [7, 11) is 3.60. The van der Waals surface area contributed by atoms with Crippen LogP contribution >= 0.6 is 0 Å². The molecule has 0 aromatic heterocycles. The van der Waals surface area contributed by atoms with E-state index in [0.717, 1.165) is 42.8 Å². The Morgan fingerprint density at radius 1 is 1.23 bits per heavy atom. The molecule has 0 spiro atoms. The van der Waals surface area contributed by atoms with E-state index in [4.69, 9.17) is 9.47 Å². The van der Waals surface area contributed by atoms with Gasteiger partial charge >= 0.3 is 0 Å². The van der Waals surface area contributed by atoms with Gasteiger partial charge in [0.2, 0.25) is 0 Å². The number of ether oxygens (including phenoxy) is 2. The van der Waals surface area contributed by atoms with Gasteiger partial charge in [-0.05, 0) is 81.1 Å². The first kappa shape index (κ1) is 18.6. The van der Waals surface area contributed by atoms with E-state index in [1.54, 1.807) is 25.4 Å². The molecule has 0 radical (unpaired) electrons. The van der Waals surface area contributed by atoms with Crippen LogP contribution in [0.15, 0.2) is 23.0 Å². The van der Waals surface area contributed by atoms with Crippen molar-refractivity contribution in [3.63, 3.8) is 0 Å². The van der Waals surface area contributed by atoms with Gasteiger partial charge < -0.3 is 14.6 Å². The molecular formula is C23H36O3. The lowest BCUT2D eigenvalue weighted by molar-refractivity contribution is -0.126. The second-order valence-corrected chi connectivity index (χ2v) is 9.56. The number of methoxy groups -OCH3 is 2. The fraction of sp³-hybridized carbons (Fsp3) is 0.826. The Bertz CT molecular complexity index is 619. The molecule has 0 aliphatic heterocycles. The summed E-state index contributed by atoms with van der Waals surface area (Å²) >= 11 is 0. The van der Waals surface area contributed by atoms with Gasteiger partial charge in [-0.1, -0.05) is 18.1 Å². The maximum Gasteiger partial charge on any atom is 0.0959 e. The average Bonchev–Trinajstić information content (AvgIpc) is 2.95. The van der Waals surface area contributed by atoms with Crippen LogP contribution in [-0.4, -0.2) is 32.0 Å². The van der Waals surface area contributed by atoms with Crippen LogP contribution in [0.1, 0.15) is 65.2 Å². The van der Waals surface area contributed by atoms with Gasteiger partial charge in [-0.25, -0.2) is 0 Å². The number of fused-ring (bicyclic) bond motifs is 4. The summed E-state index contributed by atoms with van der Waals surface area (Å²) in [6.07, 6.45) is 11.6. The monoisotopic (exact) mass is 360 g/mol.